The Balaban J connectivity index is 1.90. The van der Waals surface area contributed by atoms with Gasteiger partial charge < -0.3 is 5.32 Å². The Morgan fingerprint density at radius 1 is 1.31 bits per heavy atom. The number of rotatable bonds is 3. The fourth-order valence-corrected chi connectivity index (χ4v) is 2.30. The highest BCUT2D eigenvalue weighted by Crippen LogP contribution is 2.20. The summed E-state index contributed by atoms with van der Waals surface area (Å²) in [4.78, 5) is 0. The summed E-state index contributed by atoms with van der Waals surface area (Å²) in [7, 11) is 0. The molecule has 1 N–H and O–H groups in total. The predicted octanol–water partition coefficient (Wildman–Crippen LogP) is 3.10. The number of allylic oxidation sites excluding steroid dienone is 1. The molecule has 1 atom stereocenters. The summed E-state index contributed by atoms with van der Waals surface area (Å²) in [6, 6.07) is 9.49. The van der Waals surface area contributed by atoms with Crippen molar-refractivity contribution in [1.82, 2.24) is 5.32 Å². The first-order chi connectivity index (χ1) is 7.75. The highest BCUT2D eigenvalue weighted by Gasteiger charge is 2.16. The molecule has 0 saturated heterocycles. The van der Waals surface area contributed by atoms with Crippen molar-refractivity contribution in [3.8, 4) is 0 Å². The lowest BCUT2D eigenvalue weighted by Gasteiger charge is -2.25. The maximum absolute atomic E-state index is 3.62. The number of hydrogen-bond acceptors (Lipinski definition) is 1. The zero-order valence-corrected chi connectivity index (χ0v) is 10.3. The van der Waals surface area contributed by atoms with Gasteiger partial charge in [-0.05, 0) is 44.2 Å². The molecule has 0 aromatic heterocycles. The third-order valence-electron chi connectivity index (χ3n) is 3.26. The van der Waals surface area contributed by atoms with Crippen LogP contribution in [0, 0.1) is 0 Å². The Labute approximate surface area is 98.6 Å². The molecule has 1 aromatic carbocycles. The van der Waals surface area contributed by atoms with Crippen LogP contribution in [0.1, 0.15) is 31.4 Å². The molecule has 0 bridgehead atoms. The van der Waals surface area contributed by atoms with Crippen molar-refractivity contribution >= 4 is 0 Å². The average molecular weight is 215 g/mol. The molecule has 0 heterocycles. The minimum Gasteiger partial charge on any atom is -0.310 e. The lowest BCUT2D eigenvalue weighted by molar-refractivity contribution is 0.479. The fraction of sp³-hybridized carbons (Fsp3) is 0.467. The first-order valence-corrected chi connectivity index (χ1v) is 6.19. The smallest absolute Gasteiger partial charge is 0.0140 e. The van der Waals surface area contributed by atoms with Gasteiger partial charge in [0.05, 0.1) is 0 Å². The van der Waals surface area contributed by atoms with Crippen molar-refractivity contribution in [3.05, 3.63) is 47.0 Å². The molecule has 1 aromatic rings. The first-order valence-electron chi connectivity index (χ1n) is 6.19. The van der Waals surface area contributed by atoms with Crippen LogP contribution in [0.4, 0.5) is 0 Å². The number of nitrogens with one attached hydrogen (secondary N) is 1. The quantitative estimate of drug-likeness (QED) is 0.764. The summed E-state index contributed by atoms with van der Waals surface area (Å²) in [6.45, 7) is 5.31. The Bertz CT molecular complexity index is 375. The van der Waals surface area contributed by atoms with E-state index in [9.17, 15) is 0 Å². The lowest BCUT2D eigenvalue weighted by Crippen LogP contribution is -2.34. The first kappa shape index (κ1) is 11.4. The normalized spacial score (nSPS) is 19.0. The summed E-state index contributed by atoms with van der Waals surface area (Å²) in [5.74, 6) is 0. The molecule has 0 aliphatic heterocycles. The molecule has 0 fully saturated rings. The zero-order valence-electron chi connectivity index (χ0n) is 10.3. The number of benzene rings is 1. The van der Waals surface area contributed by atoms with Crippen molar-refractivity contribution in [2.75, 3.05) is 6.54 Å². The van der Waals surface area contributed by atoms with Crippen LogP contribution in [0.3, 0.4) is 0 Å². The third kappa shape index (κ3) is 2.96. The number of hydrogen-bond donors (Lipinski definition) is 1. The van der Waals surface area contributed by atoms with Crippen molar-refractivity contribution in [2.24, 2.45) is 0 Å². The van der Waals surface area contributed by atoms with Gasteiger partial charge in [0.2, 0.25) is 0 Å². The van der Waals surface area contributed by atoms with E-state index in [0.29, 0.717) is 6.04 Å². The fourth-order valence-electron chi connectivity index (χ4n) is 2.30. The Morgan fingerprint density at radius 3 is 2.81 bits per heavy atom. The maximum atomic E-state index is 3.62. The third-order valence-corrected chi connectivity index (χ3v) is 3.26. The van der Waals surface area contributed by atoms with E-state index in [1.165, 1.54) is 30.4 Å². The van der Waals surface area contributed by atoms with E-state index >= 15 is 0 Å². The van der Waals surface area contributed by atoms with Gasteiger partial charge >= 0.3 is 0 Å². The lowest BCUT2D eigenvalue weighted by atomic mass is 9.88. The molecule has 0 amide bonds. The predicted molar refractivity (Wildman–Crippen MR) is 69.7 cm³/mol. The van der Waals surface area contributed by atoms with E-state index in [1.54, 1.807) is 5.56 Å². The Kier molecular flexibility index (Phi) is 3.79. The monoisotopic (exact) mass is 215 g/mol. The van der Waals surface area contributed by atoms with E-state index in [1.807, 2.05) is 0 Å². The minimum atomic E-state index is 0.658. The van der Waals surface area contributed by atoms with Crippen molar-refractivity contribution in [1.29, 1.82) is 0 Å². The summed E-state index contributed by atoms with van der Waals surface area (Å²) < 4.78 is 0. The standard InChI is InChI=1S/C15H21N/c1-12(2)9-10-16-15-8-7-13-5-3-4-6-14(13)11-15/h3-6,9,15-16H,7-8,10-11H2,1-2H3. The molecule has 16 heavy (non-hydrogen) atoms. The SMILES string of the molecule is CC(C)=CCNC1CCc2ccccc2C1. The van der Waals surface area contributed by atoms with Crippen LogP contribution in [0.5, 0.6) is 0 Å². The van der Waals surface area contributed by atoms with Gasteiger partial charge in [0.25, 0.3) is 0 Å². The molecule has 86 valence electrons. The zero-order chi connectivity index (χ0) is 11.4. The molecule has 0 spiro atoms. The van der Waals surface area contributed by atoms with E-state index in [0.717, 1.165) is 6.54 Å². The molecule has 1 aliphatic rings. The van der Waals surface area contributed by atoms with Crippen LogP contribution in [-0.4, -0.2) is 12.6 Å². The van der Waals surface area contributed by atoms with Crippen LogP contribution < -0.4 is 5.32 Å². The topological polar surface area (TPSA) is 12.0 Å². The van der Waals surface area contributed by atoms with Gasteiger partial charge in [0.1, 0.15) is 0 Å². The molecular weight excluding hydrogens is 194 g/mol. The molecule has 1 nitrogen and oxygen atoms in total. The van der Waals surface area contributed by atoms with E-state index in [2.05, 4.69) is 49.5 Å². The van der Waals surface area contributed by atoms with Crippen LogP contribution >= 0.6 is 0 Å². The maximum Gasteiger partial charge on any atom is 0.0140 e. The van der Waals surface area contributed by atoms with Gasteiger partial charge in [0.15, 0.2) is 0 Å². The molecule has 0 radical (unpaired) electrons. The van der Waals surface area contributed by atoms with Gasteiger partial charge in [0, 0.05) is 12.6 Å². The highest BCUT2D eigenvalue weighted by atomic mass is 14.9. The van der Waals surface area contributed by atoms with Crippen molar-refractivity contribution < 1.29 is 0 Å². The highest BCUT2D eigenvalue weighted by molar-refractivity contribution is 5.30. The molecule has 1 unspecified atom stereocenters. The molecule has 0 saturated carbocycles. The van der Waals surface area contributed by atoms with Crippen LogP contribution in [0.15, 0.2) is 35.9 Å². The van der Waals surface area contributed by atoms with E-state index in [4.69, 9.17) is 0 Å². The van der Waals surface area contributed by atoms with E-state index in [-0.39, 0.29) is 0 Å². The van der Waals surface area contributed by atoms with Gasteiger partial charge in [-0.3, -0.25) is 0 Å². The Hall–Kier alpha value is -1.08. The second kappa shape index (κ2) is 5.31. The van der Waals surface area contributed by atoms with Crippen molar-refractivity contribution in [2.45, 2.75) is 39.2 Å². The molecule has 1 heteroatoms. The Morgan fingerprint density at radius 2 is 2.06 bits per heavy atom. The summed E-state index contributed by atoms with van der Waals surface area (Å²) >= 11 is 0. The van der Waals surface area contributed by atoms with Gasteiger partial charge in [-0.25, -0.2) is 0 Å². The second-order valence-electron chi connectivity index (χ2n) is 4.90. The molecule has 2 rings (SSSR count). The van der Waals surface area contributed by atoms with E-state index < -0.39 is 0 Å². The molecular formula is C15H21N. The van der Waals surface area contributed by atoms with Gasteiger partial charge in [-0.2, -0.15) is 0 Å². The molecule has 1 aliphatic carbocycles. The minimum absolute atomic E-state index is 0.658. The van der Waals surface area contributed by atoms with Crippen LogP contribution in [0.2, 0.25) is 0 Å². The van der Waals surface area contributed by atoms with Gasteiger partial charge in [-0.1, -0.05) is 35.9 Å². The van der Waals surface area contributed by atoms with Crippen LogP contribution in [0.25, 0.3) is 0 Å². The van der Waals surface area contributed by atoms with Crippen LogP contribution in [-0.2, 0) is 12.8 Å². The summed E-state index contributed by atoms with van der Waals surface area (Å²) in [6.07, 6.45) is 5.95. The van der Waals surface area contributed by atoms with Crippen molar-refractivity contribution in [3.63, 3.8) is 0 Å². The summed E-state index contributed by atoms with van der Waals surface area (Å²) in [5, 5.41) is 3.62. The van der Waals surface area contributed by atoms with Gasteiger partial charge in [-0.15, -0.1) is 0 Å². The average Bonchev–Trinajstić information content (AvgIpc) is 2.28. The number of aryl methyl sites for hydroxylation is 1. The second-order valence-corrected chi connectivity index (χ2v) is 4.90. The summed E-state index contributed by atoms with van der Waals surface area (Å²) in [5.41, 5.74) is 4.47. The number of fused-ring (bicyclic) bond motifs is 1. The largest absolute Gasteiger partial charge is 0.310 e.